The maximum atomic E-state index is 12.5. The first-order chi connectivity index (χ1) is 11.9. The van der Waals surface area contributed by atoms with Gasteiger partial charge >= 0.3 is 6.03 Å². The number of carbonyl (C=O) groups excluding carboxylic acids is 1. The van der Waals surface area contributed by atoms with Crippen LogP contribution in [0.15, 0.2) is 33.2 Å². The molecule has 0 unspecified atom stereocenters. The molecule has 2 aromatic heterocycles. The summed E-state index contributed by atoms with van der Waals surface area (Å²) in [6, 6.07) is 5.15. The summed E-state index contributed by atoms with van der Waals surface area (Å²) in [4.78, 5) is 14.6. The Kier molecular flexibility index (Phi) is 7.00. The summed E-state index contributed by atoms with van der Waals surface area (Å²) in [6.45, 7) is 5.37. The van der Waals surface area contributed by atoms with E-state index in [9.17, 15) is 13.2 Å². The molecule has 0 saturated heterocycles. The predicted molar refractivity (Wildman–Crippen MR) is 102 cm³/mol. The minimum Gasteiger partial charge on any atom is -0.333 e. The molecule has 0 radical (unpaired) electrons. The molecule has 6 nitrogen and oxygen atoms in total. The fourth-order valence-corrected chi connectivity index (χ4v) is 5.88. The fraction of sp³-hybridized carbons (Fsp3) is 0.438. The Bertz CT molecular complexity index is 781. The molecule has 9 heteroatoms. The lowest BCUT2D eigenvalue weighted by Gasteiger charge is -2.17. The van der Waals surface area contributed by atoms with Crippen molar-refractivity contribution in [3.05, 3.63) is 39.4 Å². The highest BCUT2D eigenvalue weighted by molar-refractivity contribution is 7.91. The van der Waals surface area contributed by atoms with Crippen LogP contribution < -0.4 is 5.32 Å². The van der Waals surface area contributed by atoms with Crippen LogP contribution in [0.25, 0.3) is 0 Å². The summed E-state index contributed by atoms with van der Waals surface area (Å²) in [6.07, 6.45) is 0. The number of hydrogen-bond donors (Lipinski definition) is 1. The van der Waals surface area contributed by atoms with E-state index >= 15 is 0 Å². The number of hydrogen-bond acceptors (Lipinski definition) is 5. The van der Waals surface area contributed by atoms with E-state index in [-0.39, 0.29) is 6.03 Å². The van der Waals surface area contributed by atoms with Gasteiger partial charge in [-0.05, 0) is 34.5 Å². The van der Waals surface area contributed by atoms with Gasteiger partial charge in [0.05, 0.1) is 6.54 Å². The van der Waals surface area contributed by atoms with E-state index in [4.69, 9.17) is 0 Å². The Balaban J connectivity index is 1.94. The second-order valence-corrected chi connectivity index (χ2v) is 9.57. The third kappa shape index (κ3) is 5.04. The molecule has 2 rings (SSSR count). The van der Waals surface area contributed by atoms with Crippen LogP contribution in [0, 0.1) is 0 Å². The molecule has 138 valence electrons. The summed E-state index contributed by atoms with van der Waals surface area (Å²) in [5.74, 6) is 0. The van der Waals surface area contributed by atoms with Crippen molar-refractivity contribution in [2.24, 2.45) is 0 Å². The average molecular weight is 402 g/mol. The van der Waals surface area contributed by atoms with E-state index in [0.717, 1.165) is 10.4 Å². The van der Waals surface area contributed by atoms with Gasteiger partial charge in [-0.3, -0.25) is 0 Å². The first kappa shape index (κ1) is 19.9. The van der Waals surface area contributed by atoms with Crippen LogP contribution in [-0.2, 0) is 23.1 Å². The standard InChI is InChI=1S/C16H23N3O3S3/c1-4-19(5-2)25(21,22)15-7-6-14(24-15)10-17-16(20)18(3)11-13-8-9-23-12-13/h6-9,12H,4-5,10-11H2,1-3H3,(H,17,20). The second kappa shape index (κ2) is 8.79. The number of thiophene rings is 2. The van der Waals surface area contributed by atoms with Crippen molar-refractivity contribution < 1.29 is 13.2 Å². The normalized spacial score (nSPS) is 11.7. The highest BCUT2D eigenvalue weighted by Gasteiger charge is 2.23. The van der Waals surface area contributed by atoms with E-state index in [0.29, 0.717) is 30.4 Å². The zero-order valence-corrected chi connectivity index (χ0v) is 17.0. The third-order valence-corrected chi connectivity index (χ3v) is 8.03. The van der Waals surface area contributed by atoms with E-state index in [1.54, 1.807) is 35.4 Å². The average Bonchev–Trinajstić information content (AvgIpc) is 3.25. The lowest BCUT2D eigenvalue weighted by molar-refractivity contribution is 0.206. The molecule has 2 amide bonds. The Hall–Kier alpha value is -1.42. The van der Waals surface area contributed by atoms with Gasteiger partial charge in [-0.25, -0.2) is 13.2 Å². The van der Waals surface area contributed by atoms with Crippen LogP contribution >= 0.6 is 22.7 Å². The molecule has 1 N–H and O–H groups in total. The number of nitrogens with one attached hydrogen (secondary N) is 1. The Labute approximate surface area is 157 Å². The molecule has 0 saturated carbocycles. The topological polar surface area (TPSA) is 69.7 Å². The van der Waals surface area contributed by atoms with Crippen LogP contribution in [-0.4, -0.2) is 43.8 Å². The van der Waals surface area contributed by atoms with Gasteiger partial charge in [-0.2, -0.15) is 15.6 Å². The predicted octanol–water partition coefficient (Wildman–Crippen LogP) is 3.18. The molecule has 0 aromatic carbocycles. The molecule has 0 spiro atoms. The quantitative estimate of drug-likeness (QED) is 0.739. The molecule has 0 aliphatic rings. The zero-order valence-electron chi connectivity index (χ0n) is 14.6. The maximum Gasteiger partial charge on any atom is 0.317 e. The molecular formula is C16H23N3O3S3. The maximum absolute atomic E-state index is 12.5. The van der Waals surface area contributed by atoms with Gasteiger partial charge in [0.1, 0.15) is 4.21 Å². The SMILES string of the molecule is CCN(CC)S(=O)(=O)c1ccc(CNC(=O)N(C)Cc2ccsc2)s1. The fourth-order valence-electron chi connectivity index (χ4n) is 2.31. The van der Waals surface area contributed by atoms with E-state index < -0.39 is 10.0 Å². The number of carbonyl (C=O) groups is 1. The first-order valence-corrected chi connectivity index (χ1v) is 11.2. The van der Waals surface area contributed by atoms with Crippen molar-refractivity contribution in [3.8, 4) is 0 Å². The second-order valence-electron chi connectivity index (χ2n) is 5.46. The van der Waals surface area contributed by atoms with Gasteiger partial charge in [-0.15, -0.1) is 11.3 Å². The summed E-state index contributed by atoms with van der Waals surface area (Å²) < 4.78 is 26.7. The van der Waals surface area contributed by atoms with Gasteiger partial charge in [0.25, 0.3) is 10.0 Å². The minimum absolute atomic E-state index is 0.187. The largest absolute Gasteiger partial charge is 0.333 e. The molecule has 0 bridgehead atoms. The molecule has 25 heavy (non-hydrogen) atoms. The number of nitrogens with zero attached hydrogens (tertiary/aromatic N) is 2. The summed E-state index contributed by atoms with van der Waals surface area (Å²) in [5.41, 5.74) is 1.09. The minimum atomic E-state index is -3.44. The summed E-state index contributed by atoms with van der Waals surface area (Å²) >= 11 is 2.79. The molecule has 0 fully saturated rings. The smallest absolute Gasteiger partial charge is 0.317 e. The van der Waals surface area contributed by atoms with Crippen molar-refractivity contribution in [1.29, 1.82) is 0 Å². The molecule has 0 aliphatic carbocycles. The van der Waals surface area contributed by atoms with Crippen LogP contribution in [0.1, 0.15) is 24.3 Å². The monoisotopic (exact) mass is 401 g/mol. The first-order valence-electron chi connectivity index (χ1n) is 7.97. The van der Waals surface area contributed by atoms with Crippen LogP contribution in [0.4, 0.5) is 4.79 Å². The summed E-state index contributed by atoms with van der Waals surface area (Å²) in [7, 11) is -1.71. The van der Waals surface area contributed by atoms with Crippen molar-refractivity contribution in [1.82, 2.24) is 14.5 Å². The van der Waals surface area contributed by atoms with Crippen molar-refractivity contribution >= 4 is 38.7 Å². The zero-order chi connectivity index (χ0) is 18.4. The number of amides is 2. The molecular weight excluding hydrogens is 378 g/mol. The van der Waals surface area contributed by atoms with Gasteiger partial charge in [0, 0.05) is 31.6 Å². The van der Waals surface area contributed by atoms with Crippen molar-refractivity contribution in [2.45, 2.75) is 31.1 Å². The van der Waals surface area contributed by atoms with Gasteiger partial charge < -0.3 is 10.2 Å². The van der Waals surface area contributed by atoms with E-state index in [1.165, 1.54) is 15.6 Å². The Morgan fingerprint density at radius 2 is 1.92 bits per heavy atom. The van der Waals surface area contributed by atoms with Crippen LogP contribution in [0.5, 0.6) is 0 Å². The number of urea groups is 1. The Morgan fingerprint density at radius 3 is 2.52 bits per heavy atom. The molecule has 0 atom stereocenters. The molecule has 2 heterocycles. The van der Waals surface area contributed by atoms with Crippen molar-refractivity contribution in [3.63, 3.8) is 0 Å². The molecule has 0 aliphatic heterocycles. The van der Waals surface area contributed by atoms with Gasteiger partial charge in [0.15, 0.2) is 0 Å². The van der Waals surface area contributed by atoms with E-state index in [1.807, 2.05) is 30.7 Å². The number of rotatable bonds is 8. The van der Waals surface area contributed by atoms with Crippen LogP contribution in [0.3, 0.4) is 0 Å². The summed E-state index contributed by atoms with van der Waals surface area (Å²) in [5, 5.41) is 6.81. The highest BCUT2D eigenvalue weighted by atomic mass is 32.2. The van der Waals surface area contributed by atoms with Gasteiger partial charge in [-0.1, -0.05) is 13.8 Å². The lowest BCUT2D eigenvalue weighted by Crippen LogP contribution is -2.36. The Morgan fingerprint density at radius 1 is 1.20 bits per heavy atom. The third-order valence-electron chi connectivity index (χ3n) is 3.70. The molecule has 2 aromatic rings. The van der Waals surface area contributed by atoms with Gasteiger partial charge in [0.2, 0.25) is 0 Å². The lowest BCUT2D eigenvalue weighted by atomic mass is 10.3. The number of sulfonamides is 1. The highest BCUT2D eigenvalue weighted by Crippen LogP contribution is 2.24. The van der Waals surface area contributed by atoms with Crippen LogP contribution in [0.2, 0.25) is 0 Å². The van der Waals surface area contributed by atoms with Crippen molar-refractivity contribution in [2.75, 3.05) is 20.1 Å². The van der Waals surface area contributed by atoms with E-state index in [2.05, 4.69) is 5.32 Å².